The molecule has 2 nitrogen and oxygen atoms in total. The monoisotopic (exact) mass is 208 g/mol. The Bertz CT molecular complexity index is 373. The number of nitrogens with zero attached hydrogens (tertiary/aromatic N) is 1. The highest BCUT2D eigenvalue weighted by Crippen LogP contribution is 2.29. The average molecular weight is 209 g/mol. The van der Waals surface area contributed by atoms with E-state index in [2.05, 4.69) is 30.4 Å². The molecule has 0 unspecified atom stereocenters. The van der Waals surface area contributed by atoms with Crippen LogP contribution in [0.3, 0.4) is 0 Å². The van der Waals surface area contributed by atoms with Gasteiger partial charge in [0.15, 0.2) is 0 Å². The van der Waals surface area contributed by atoms with Crippen molar-refractivity contribution in [3.05, 3.63) is 46.4 Å². The van der Waals surface area contributed by atoms with Gasteiger partial charge in [0.1, 0.15) is 0 Å². The van der Waals surface area contributed by atoms with Gasteiger partial charge < -0.3 is 10.2 Å². The van der Waals surface area contributed by atoms with Crippen LogP contribution in [-0.2, 0) is 0 Å². The van der Waals surface area contributed by atoms with Gasteiger partial charge in [-0.1, -0.05) is 17.7 Å². The highest BCUT2D eigenvalue weighted by Gasteiger charge is 2.16. The summed E-state index contributed by atoms with van der Waals surface area (Å²) in [5.41, 5.74) is 3.67. The number of rotatable bonds is 1. The van der Waals surface area contributed by atoms with Crippen LogP contribution in [0.15, 0.2) is 46.4 Å². The first-order valence-corrected chi connectivity index (χ1v) is 4.97. The minimum atomic E-state index is 0.810. The van der Waals surface area contributed by atoms with Crippen molar-refractivity contribution in [2.24, 2.45) is 0 Å². The summed E-state index contributed by atoms with van der Waals surface area (Å²) in [5, 5.41) is 4.02. The Labute approximate surface area is 89.2 Å². The predicted molar refractivity (Wildman–Crippen MR) is 59.6 cm³/mol. The summed E-state index contributed by atoms with van der Waals surface area (Å²) in [5.74, 6) is 0. The molecule has 0 aromatic carbocycles. The van der Waals surface area contributed by atoms with Crippen LogP contribution in [0.25, 0.3) is 0 Å². The average Bonchev–Trinajstić information content (AvgIpc) is 2.16. The molecule has 3 heteroatoms. The molecule has 0 amide bonds. The summed E-state index contributed by atoms with van der Waals surface area (Å²) in [6.07, 6.45) is 8.92. The molecule has 0 aromatic heterocycles. The van der Waals surface area contributed by atoms with E-state index in [1.54, 1.807) is 0 Å². The lowest BCUT2D eigenvalue weighted by Crippen LogP contribution is -2.21. The molecule has 0 spiro atoms. The minimum Gasteiger partial charge on any atom is -0.377 e. The van der Waals surface area contributed by atoms with Gasteiger partial charge in [-0.25, -0.2) is 0 Å². The third kappa shape index (κ3) is 1.58. The summed E-state index contributed by atoms with van der Waals surface area (Å²) in [6.45, 7) is 0. The van der Waals surface area contributed by atoms with Gasteiger partial charge in [0.05, 0.1) is 0 Å². The maximum absolute atomic E-state index is 5.95. The zero-order valence-corrected chi connectivity index (χ0v) is 9.10. The number of fused-ring (bicyclic) bond motifs is 1. The Morgan fingerprint density at radius 3 is 2.93 bits per heavy atom. The molecule has 0 saturated carbocycles. The fourth-order valence-corrected chi connectivity index (χ4v) is 1.88. The third-order valence-corrected chi connectivity index (χ3v) is 2.64. The van der Waals surface area contributed by atoms with Gasteiger partial charge >= 0.3 is 0 Å². The molecule has 0 bridgehead atoms. The van der Waals surface area contributed by atoms with Crippen molar-refractivity contribution in [3.8, 4) is 0 Å². The van der Waals surface area contributed by atoms with Crippen LogP contribution >= 0.6 is 11.6 Å². The van der Waals surface area contributed by atoms with Crippen LogP contribution in [-0.4, -0.2) is 19.0 Å². The van der Waals surface area contributed by atoms with E-state index in [1.807, 2.05) is 18.4 Å². The molecule has 0 radical (unpaired) electrons. The third-order valence-electron chi connectivity index (χ3n) is 2.38. The second-order valence-corrected chi connectivity index (χ2v) is 4.02. The summed E-state index contributed by atoms with van der Waals surface area (Å²) in [4.78, 5) is 2.12. The van der Waals surface area contributed by atoms with Crippen LogP contribution in [0.5, 0.6) is 0 Å². The number of dihydropyridines is 1. The van der Waals surface area contributed by atoms with Gasteiger partial charge in [-0.15, -0.1) is 0 Å². The van der Waals surface area contributed by atoms with Crippen molar-refractivity contribution in [2.75, 3.05) is 14.1 Å². The van der Waals surface area contributed by atoms with E-state index >= 15 is 0 Å². The molecule has 0 saturated heterocycles. The summed E-state index contributed by atoms with van der Waals surface area (Å²) in [7, 11) is 4.10. The Morgan fingerprint density at radius 2 is 2.21 bits per heavy atom. The molecule has 1 N–H and O–H groups in total. The van der Waals surface area contributed by atoms with E-state index in [-0.39, 0.29) is 0 Å². The van der Waals surface area contributed by atoms with Crippen LogP contribution in [0.2, 0.25) is 0 Å². The van der Waals surface area contributed by atoms with Gasteiger partial charge in [0.25, 0.3) is 0 Å². The number of allylic oxidation sites excluding steroid dienone is 5. The van der Waals surface area contributed by atoms with E-state index < -0.39 is 0 Å². The first-order chi connectivity index (χ1) is 6.68. The molecule has 2 rings (SSSR count). The normalized spacial score (nSPS) is 19.6. The van der Waals surface area contributed by atoms with Crippen molar-refractivity contribution >= 4 is 11.6 Å². The maximum atomic E-state index is 5.95. The van der Waals surface area contributed by atoms with Crippen LogP contribution < -0.4 is 5.32 Å². The van der Waals surface area contributed by atoms with Crippen molar-refractivity contribution in [2.45, 2.75) is 6.42 Å². The standard InChI is InChI=1S/C11H13ClN2/c1-14(2)11-5-6-13-10-7-8(12)3-4-9(10)11/h3,5-7,13H,4H2,1-2H3. The minimum absolute atomic E-state index is 0.810. The smallest absolute Gasteiger partial charge is 0.0451 e. The highest BCUT2D eigenvalue weighted by molar-refractivity contribution is 6.31. The molecule has 1 aliphatic carbocycles. The lowest BCUT2D eigenvalue weighted by molar-refractivity contribution is 0.518. The number of likely N-dealkylation sites (N-methyl/N-ethyl adjacent to an activating group) is 1. The predicted octanol–water partition coefficient (Wildman–Crippen LogP) is 2.33. The Morgan fingerprint density at radius 1 is 1.43 bits per heavy atom. The van der Waals surface area contributed by atoms with E-state index in [4.69, 9.17) is 11.6 Å². The molecule has 74 valence electrons. The fraction of sp³-hybridized carbons (Fsp3) is 0.273. The van der Waals surface area contributed by atoms with Crippen LogP contribution in [0, 0.1) is 0 Å². The lowest BCUT2D eigenvalue weighted by Gasteiger charge is -2.26. The Kier molecular flexibility index (Phi) is 2.38. The summed E-state index contributed by atoms with van der Waals surface area (Å²) >= 11 is 5.95. The van der Waals surface area contributed by atoms with E-state index in [0.29, 0.717) is 0 Å². The van der Waals surface area contributed by atoms with Gasteiger partial charge in [0, 0.05) is 42.3 Å². The van der Waals surface area contributed by atoms with E-state index in [9.17, 15) is 0 Å². The Hall–Kier alpha value is -1.15. The van der Waals surface area contributed by atoms with Crippen molar-refractivity contribution in [1.29, 1.82) is 0 Å². The highest BCUT2D eigenvalue weighted by atomic mass is 35.5. The summed E-state index contributed by atoms with van der Waals surface area (Å²) in [6, 6.07) is 0. The molecule has 0 atom stereocenters. The zero-order valence-electron chi connectivity index (χ0n) is 8.34. The van der Waals surface area contributed by atoms with Gasteiger partial charge in [-0.05, 0) is 18.6 Å². The molecule has 1 aliphatic heterocycles. The van der Waals surface area contributed by atoms with E-state index in [0.717, 1.165) is 17.2 Å². The van der Waals surface area contributed by atoms with E-state index in [1.165, 1.54) is 11.3 Å². The topological polar surface area (TPSA) is 15.3 Å². The van der Waals surface area contributed by atoms with Crippen molar-refractivity contribution in [1.82, 2.24) is 10.2 Å². The molecule has 0 fully saturated rings. The quantitative estimate of drug-likeness (QED) is 0.712. The van der Waals surface area contributed by atoms with Crippen LogP contribution in [0.4, 0.5) is 0 Å². The molecule has 14 heavy (non-hydrogen) atoms. The zero-order chi connectivity index (χ0) is 10.1. The van der Waals surface area contributed by atoms with Crippen molar-refractivity contribution in [3.63, 3.8) is 0 Å². The van der Waals surface area contributed by atoms with Gasteiger partial charge in [-0.3, -0.25) is 0 Å². The molecular weight excluding hydrogens is 196 g/mol. The first-order valence-electron chi connectivity index (χ1n) is 4.60. The van der Waals surface area contributed by atoms with Crippen molar-refractivity contribution < 1.29 is 0 Å². The number of nitrogens with one attached hydrogen (secondary N) is 1. The SMILES string of the molecule is CN(C)C1=C2CC=C(Cl)C=C2NC=C1. The fourth-order valence-electron chi connectivity index (χ4n) is 1.69. The second-order valence-electron chi connectivity index (χ2n) is 3.59. The molecule has 1 heterocycles. The molecular formula is C11H13ClN2. The molecule has 2 aliphatic rings. The maximum Gasteiger partial charge on any atom is 0.0451 e. The van der Waals surface area contributed by atoms with Gasteiger partial charge in [-0.2, -0.15) is 0 Å². The first kappa shape index (κ1) is 9.41. The summed E-state index contributed by atoms with van der Waals surface area (Å²) < 4.78 is 0. The second kappa shape index (κ2) is 3.54. The largest absolute Gasteiger partial charge is 0.377 e. The Balaban J connectivity index is 2.43. The molecule has 0 aromatic rings. The number of hydrogen-bond acceptors (Lipinski definition) is 2. The lowest BCUT2D eigenvalue weighted by atomic mass is 9.99. The van der Waals surface area contributed by atoms with Gasteiger partial charge in [0.2, 0.25) is 0 Å². The number of halogens is 1. The number of hydrogen-bond donors (Lipinski definition) is 1. The van der Waals surface area contributed by atoms with Crippen LogP contribution in [0.1, 0.15) is 6.42 Å².